The van der Waals surface area contributed by atoms with Gasteiger partial charge in [0.25, 0.3) is 0 Å². The minimum absolute atomic E-state index is 0.184. The van der Waals surface area contributed by atoms with Crippen LogP contribution in [-0.2, 0) is 4.79 Å². The SMILES string of the molecule is CSCC[C@@H](N)C(=O)N1CC2CCCC2C1. The van der Waals surface area contributed by atoms with Crippen LogP contribution >= 0.6 is 11.8 Å². The number of nitrogens with zero attached hydrogens (tertiary/aromatic N) is 1. The molecule has 2 fully saturated rings. The molecular formula is C12H22N2OS. The zero-order valence-corrected chi connectivity index (χ0v) is 10.8. The first-order valence-electron chi connectivity index (χ1n) is 6.25. The van der Waals surface area contributed by atoms with Gasteiger partial charge in [-0.15, -0.1) is 0 Å². The van der Waals surface area contributed by atoms with E-state index in [0.717, 1.165) is 37.1 Å². The van der Waals surface area contributed by atoms with E-state index in [2.05, 4.69) is 6.26 Å². The van der Waals surface area contributed by atoms with Crippen molar-refractivity contribution in [2.24, 2.45) is 17.6 Å². The molecule has 0 aromatic carbocycles. The lowest BCUT2D eigenvalue weighted by molar-refractivity contribution is -0.131. The Morgan fingerprint density at radius 3 is 2.62 bits per heavy atom. The Hall–Kier alpha value is -0.220. The molecule has 2 aliphatic rings. The van der Waals surface area contributed by atoms with Crippen LogP contribution in [0.4, 0.5) is 0 Å². The van der Waals surface area contributed by atoms with Gasteiger partial charge in [0.15, 0.2) is 0 Å². The molecule has 1 saturated carbocycles. The third kappa shape index (κ3) is 2.54. The maximum atomic E-state index is 12.1. The topological polar surface area (TPSA) is 46.3 Å². The van der Waals surface area contributed by atoms with Gasteiger partial charge in [0.05, 0.1) is 6.04 Å². The first kappa shape index (κ1) is 12.2. The second-order valence-electron chi connectivity index (χ2n) is 5.08. The molecule has 0 bridgehead atoms. The van der Waals surface area contributed by atoms with Crippen molar-refractivity contribution in [2.75, 3.05) is 25.1 Å². The van der Waals surface area contributed by atoms with Crippen molar-refractivity contribution >= 4 is 17.7 Å². The van der Waals surface area contributed by atoms with Gasteiger partial charge >= 0.3 is 0 Å². The fourth-order valence-corrected chi connectivity index (χ4v) is 3.51. The van der Waals surface area contributed by atoms with E-state index in [1.165, 1.54) is 19.3 Å². The molecule has 16 heavy (non-hydrogen) atoms. The summed E-state index contributed by atoms with van der Waals surface area (Å²) < 4.78 is 0. The summed E-state index contributed by atoms with van der Waals surface area (Å²) in [5.41, 5.74) is 5.93. The summed E-state index contributed by atoms with van der Waals surface area (Å²) in [7, 11) is 0. The number of nitrogens with two attached hydrogens (primary N) is 1. The highest BCUT2D eigenvalue weighted by Crippen LogP contribution is 2.37. The quantitative estimate of drug-likeness (QED) is 0.809. The summed E-state index contributed by atoms with van der Waals surface area (Å²) in [6.07, 6.45) is 6.85. The van der Waals surface area contributed by atoms with Crippen LogP contribution < -0.4 is 5.73 Å². The zero-order valence-electron chi connectivity index (χ0n) is 10.0. The highest BCUT2D eigenvalue weighted by atomic mass is 32.2. The van der Waals surface area contributed by atoms with Crippen LogP contribution in [-0.4, -0.2) is 41.9 Å². The van der Waals surface area contributed by atoms with Crippen LogP contribution in [0.3, 0.4) is 0 Å². The van der Waals surface area contributed by atoms with E-state index in [1.54, 1.807) is 11.8 Å². The molecule has 1 heterocycles. The van der Waals surface area contributed by atoms with E-state index in [1.807, 2.05) is 4.90 Å². The number of hydrogen-bond acceptors (Lipinski definition) is 3. The smallest absolute Gasteiger partial charge is 0.239 e. The van der Waals surface area contributed by atoms with Crippen molar-refractivity contribution in [3.63, 3.8) is 0 Å². The normalized spacial score (nSPS) is 30.5. The average Bonchev–Trinajstić information content (AvgIpc) is 2.84. The van der Waals surface area contributed by atoms with Gasteiger partial charge in [0.1, 0.15) is 0 Å². The summed E-state index contributed by atoms with van der Waals surface area (Å²) in [6.45, 7) is 1.94. The summed E-state index contributed by atoms with van der Waals surface area (Å²) in [5, 5.41) is 0. The highest BCUT2D eigenvalue weighted by molar-refractivity contribution is 7.98. The van der Waals surface area contributed by atoms with Crippen LogP contribution in [0, 0.1) is 11.8 Å². The number of hydrogen-bond donors (Lipinski definition) is 1. The van der Waals surface area contributed by atoms with Crippen molar-refractivity contribution in [3.05, 3.63) is 0 Å². The molecule has 2 rings (SSSR count). The Kier molecular flexibility index (Phi) is 4.14. The predicted octanol–water partition coefficient (Wildman–Crippen LogP) is 1.33. The molecule has 92 valence electrons. The molecule has 1 aliphatic carbocycles. The first-order valence-corrected chi connectivity index (χ1v) is 7.65. The molecule has 2 unspecified atom stereocenters. The van der Waals surface area contributed by atoms with E-state index in [4.69, 9.17) is 5.73 Å². The van der Waals surface area contributed by atoms with Crippen molar-refractivity contribution < 1.29 is 4.79 Å². The summed E-state index contributed by atoms with van der Waals surface area (Å²) in [6, 6.07) is -0.272. The second kappa shape index (κ2) is 5.41. The second-order valence-corrected chi connectivity index (χ2v) is 6.07. The number of fused-ring (bicyclic) bond motifs is 1. The maximum Gasteiger partial charge on any atom is 0.239 e. The van der Waals surface area contributed by atoms with E-state index in [0.29, 0.717) is 0 Å². The molecule has 0 spiro atoms. The van der Waals surface area contributed by atoms with E-state index in [9.17, 15) is 4.79 Å². The van der Waals surface area contributed by atoms with Crippen molar-refractivity contribution in [1.29, 1.82) is 0 Å². The molecule has 4 heteroatoms. The number of carbonyl (C=O) groups is 1. The first-order chi connectivity index (χ1) is 7.72. The molecule has 0 aromatic heterocycles. The van der Waals surface area contributed by atoms with E-state index >= 15 is 0 Å². The fourth-order valence-electron chi connectivity index (χ4n) is 3.02. The van der Waals surface area contributed by atoms with Crippen LogP contribution in [0.25, 0.3) is 0 Å². The molecule has 0 aromatic rings. The minimum atomic E-state index is -0.272. The molecule has 3 nitrogen and oxygen atoms in total. The monoisotopic (exact) mass is 242 g/mol. The lowest BCUT2D eigenvalue weighted by Gasteiger charge is -2.21. The minimum Gasteiger partial charge on any atom is -0.341 e. The summed E-state index contributed by atoms with van der Waals surface area (Å²) >= 11 is 1.76. The van der Waals surface area contributed by atoms with Gasteiger partial charge in [-0.3, -0.25) is 4.79 Å². The Morgan fingerprint density at radius 1 is 1.44 bits per heavy atom. The number of amides is 1. The Balaban J connectivity index is 1.82. The van der Waals surface area contributed by atoms with Crippen molar-refractivity contribution in [3.8, 4) is 0 Å². The van der Waals surface area contributed by atoms with Gasteiger partial charge in [-0.2, -0.15) is 11.8 Å². The maximum absolute atomic E-state index is 12.1. The Bertz CT molecular complexity index is 247. The van der Waals surface area contributed by atoms with Crippen LogP contribution in [0.2, 0.25) is 0 Å². The number of thioether (sulfide) groups is 1. The van der Waals surface area contributed by atoms with Gasteiger partial charge in [-0.25, -0.2) is 0 Å². The van der Waals surface area contributed by atoms with Gasteiger partial charge < -0.3 is 10.6 Å². The largest absolute Gasteiger partial charge is 0.341 e. The van der Waals surface area contributed by atoms with Crippen molar-refractivity contribution in [2.45, 2.75) is 31.7 Å². The van der Waals surface area contributed by atoms with Gasteiger partial charge in [-0.1, -0.05) is 6.42 Å². The summed E-state index contributed by atoms with van der Waals surface area (Å²) in [5.74, 6) is 2.71. The molecule has 1 aliphatic heterocycles. The molecule has 1 amide bonds. The molecule has 0 radical (unpaired) electrons. The molecule has 3 atom stereocenters. The van der Waals surface area contributed by atoms with E-state index < -0.39 is 0 Å². The van der Waals surface area contributed by atoms with Crippen molar-refractivity contribution in [1.82, 2.24) is 4.90 Å². The van der Waals surface area contributed by atoms with Gasteiger partial charge in [0.2, 0.25) is 5.91 Å². The Labute approximate surface area is 102 Å². The third-order valence-electron chi connectivity index (χ3n) is 3.99. The molecular weight excluding hydrogens is 220 g/mol. The van der Waals surface area contributed by atoms with Crippen LogP contribution in [0.1, 0.15) is 25.7 Å². The standard InChI is InChI=1S/C12H22N2OS/c1-16-6-5-11(13)12(15)14-7-9-3-2-4-10(9)8-14/h9-11H,2-8,13H2,1H3/t9?,10?,11-/m1/s1. The highest BCUT2D eigenvalue weighted by Gasteiger charge is 2.38. The summed E-state index contributed by atoms with van der Waals surface area (Å²) in [4.78, 5) is 14.1. The fraction of sp³-hybridized carbons (Fsp3) is 0.917. The third-order valence-corrected chi connectivity index (χ3v) is 4.63. The molecule has 1 saturated heterocycles. The van der Waals surface area contributed by atoms with Gasteiger partial charge in [-0.05, 0) is 43.1 Å². The van der Waals surface area contributed by atoms with Crippen LogP contribution in [0.15, 0.2) is 0 Å². The molecule has 2 N–H and O–H groups in total. The lowest BCUT2D eigenvalue weighted by atomic mass is 10.0. The number of likely N-dealkylation sites (tertiary alicyclic amines) is 1. The predicted molar refractivity (Wildman–Crippen MR) is 68.4 cm³/mol. The average molecular weight is 242 g/mol. The number of rotatable bonds is 4. The number of carbonyl (C=O) groups excluding carboxylic acids is 1. The zero-order chi connectivity index (χ0) is 11.5. The lowest BCUT2D eigenvalue weighted by Crippen LogP contribution is -2.43. The van der Waals surface area contributed by atoms with E-state index in [-0.39, 0.29) is 11.9 Å². The Morgan fingerprint density at radius 2 is 2.06 bits per heavy atom. The van der Waals surface area contributed by atoms with Crippen LogP contribution in [0.5, 0.6) is 0 Å². The van der Waals surface area contributed by atoms with Gasteiger partial charge in [0, 0.05) is 13.1 Å².